The minimum Gasteiger partial charge on any atom is -0.309 e. The lowest BCUT2D eigenvalue weighted by Crippen LogP contribution is -2.18. The van der Waals surface area contributed by atoms with Crippen molar-refractivity contribution < 1.29 is 4.79 Å². The first-order valence-electron chi connectivity index (χ1n) is 6.11. The van der Waals surface area contributed by atoms with Crippen LogP contribution in [-0.2, 0) is 0 Å². The normalized spacial score (nSPS) is 12.1. The third kappa shape index (κ3) is 3.59. The van der Waals surface area contributed by atoms with Gasteiger partial charge in [-0.05, 0) is 25.6 Å². The zero-order valence-corrected chi connectivity index (χ0v) is 11.7. The number of rotatable bonds is 5. The van der Waals surface area contributed by atoms with Crippen LogP contribution in [0.25, 0.3) is 0 Å². The molecule has 1 atom stereocenters. The van der Waals surface area contributed by atoms with Crippen LogP contribution >= 0.6 is 11.3 Å². The summed E-state index contributed by atoms with van der Waals surface area (Å²) in [4.78, 5) is 20.2. The van der Waals surface area contributed by atoms with E-state index < -0.39 is 0 Å². The van der Waals surface area contributed by atoms with Crippen molar-refractivity contribution in [3.05, 3.63) is 41.2 Å². The molecule has 100 valence electrons. The number of carbonyl (C=O) groups is 1. The SMILES string of the molecule is CCNC(C)c1csc(NC(=O)c2ccncc2)n1. The van der Waals surface area contributed by atoms with Crippen LogP contribution in [-0.4, -0.2) is 22.4 Å². The Bertz CT molecular complexity index is 541. The first-order valence-corrected chi connectivity index (χ1v) is 6.99. The van der Waals surface area contributed by atoms with E-state index in [0.29, 0.717) is 10.7 Å². The smallest absolute Gasteiger partial charge is 0.257 e. The van der Waals surface area contributed by atoms with Crippen LogP contribution in [0.2, 0.25) is 0 Å². The van der Waals surface area contributed by atoms with Gasteiger partial charge in [-0.1, -0.05) is 6.92 Å². The first-order chi connectivity index (χ1) is 9.20. The molecule has 0 aromatic carbocycles. The van der Waals surface area contributed by atoms with Crippen molar-refractivity contribution >= 4 is 22.4 Å². The average molecular weight is 276 g/mol. The Labute approximate surface area is 116 Å². The summed E-state index contributed by atoms with van der Waals surface area (Å²) in [5, 5.41) is 8.64. The molecule has 2 aromatic heterocycles. The van der Waals surface area contributed by atoms with E-state index in [2.05, 4.69) is 27.5 Å². The highest BCUT2D eigenvalue weighted by Gasteiger charge is 2.11. The third-order valence-electron chi connectivity index (χ3n) is 2.64. The van der Waals surface area contributed by atoms with E-state index in [1.54, 1.807) is 24.5 Å². The molecule has 1 amide bonds. The van der Waals surface area contributed by atoms with Crippen LogP contribution in [0, 0.1) is 0 Å². The van der Waals surface area contributed by atoms with Crippen LogP contribution in [0.1, 0.15) is 35.9 Å². The topological polar surface area (TPSA) is 66.9 Å². The van der Waals surface area contributed by atoms with Gasteiger partial charge in [-0.15, -0.1) is 11.3 Å². The number of hydrogen-bond acceptors (Lipinski definition) is 5. The first kappa shape index (κ1) is 13.6. The maximum absolute atomic E-state index is 11.9. The number of anilines is 1. The monoisotopic (exact) mass is 276 g/mol. The van der Waals surface area contributed by atoms with Crippen LogP contribution in [0.4, 0.5) is 5.13 Å². The lowest BCUT2D eigenvalue weighted by atomic mass is 10.2. The van der Waals surface area contributed by atoms with Gasteiger partial charge in [-0.2, -0.15) is 0 Å². The van der Waals surface area contributed by atoms with Gasteiger partial charge in [0.15, 0.2) is 5.13 Å². The van der Waals surface area contributed by atoms with Crippen molar-refractivity contribution in [2.75, 3.05) is 11.9 Å². The molecule has 2 aromatic rings. The molecule has 5 nitrogen and oxygen atoms in total. The largest absolute Gasteiger partial charge is 0.309 e. The summed E-state index contributed by atoms with van der Waals surface area (Å²) in [7, 11) is 0. The Morgan fingerprint density at radius 3 is 2.84 bits per heavy atom. The molecule has 0 saturated heterocycles. The Morgan fingerprint density at radius 1 is 1.42 bits per heavy atom. The van der Waals surface area contributed by atoms with E-state index in [4.69, 9.17) is 0 Å². The number of nitrogens with zero attached hydrogens (tertiary/aromatic N) is 2. The Balaban J connectivity index is 2.02. The van der Waals surface area contributed by atoms with Crippen molar-refractivity contribution in [2.45, 2.75) is 19.9 Å². The molecule has 6 heteroatoms. The van der Waals surface area contributed by atoms with Crippen molar-refractivity contribution in [3.63, 3.8) is 0 Å². The molecule has 0 aliphatic heterocycles. The molecule has 0 aliphatic carbocycles. The molecule has 0 bridgehead atoms. The number of carbonyl (C=O) groups excluding carboxylic acids is 1. The summed E-state index contributed by atoms with van der Waals surface area (Å²) in [5.74, 6) is -0.167. The lowest BCUT2D eigenvalue weighted by Gasteiger charge is -2.08. The highest BCUT2D eigenvalue weighted by molar-refractivity contribution is 7.14. The number of amides is 1. The fraction of sp³-hybridized carbons (Fsp3) is 0.308. The van der Waals surface area contributed by atoms with E-state index in [9.17, 15) is 4.79 Å². The summed E-state index contributed by atoms with van der Waals surface area (Å²) in [6, 6.07) is 3.53. The summed E-state index contributed by atoms with van der Waals surface area (Å²) in [5.41, 5.74) is 1.52. The number of hydrogen-bond donors (Lipinski definition) is 2. The third-order valence-corrected chi connectivity index (χ3v) is 3.41. The van der Waals surface area contributed by atoms with Gasteiger partial charge >= 0.3 is 0 Å². The summed E-state index contributed by atoms with van der Waals surface area (Å²) >= 11 is 1.43. The van der Waals surface area contributed by atoms with Crippen molar-refractivity contribution in [2.24, 2.45) is 0 Å². The molecule has 2 N–H and O–H groups in total. The second-order valence-electron chi connectivity index (χ2n) is 4.05. The summed E-state index contributed by atoms with van der Waals surface area (Å²) < 4.78 is 0. The molecule has 0 saturated carbocycles. The Morgan fingerprint density at radius 2 is 2.16 bits per heavy atom. The second-order valence-corrected chi connectivity index (χ2v) is 4.91. The van der Waals surface area contributed by atoms with Crippen molar-refractivity contribution in [3.8, 4) is 0 Å². The van der Waals surface area contributed by atoms with Gasteiger partial charge in [0.25, 0.3) is 5.91 Å². The lowest BCUT2D eigenvalue weighted by molar-refractivity contribution is 0.102. The zero-order valence-electron chi connectivity index (χ0n) is 10.9. The van der Waals surface area contributed by atoms with Gasteiger partial charge in [0.05, 0.1) is 5.69 Å². The van der Waals surface area contributed by atoms with Crippen LogP contribution in [0.5, 0.6) is 0 Å². The number of aromatic nitrogens is 2. The maximum atomic E-state index is 11.9. The average Bonchev–Trinajstić information content (AvgIpc) is 2.88. The minimum atomic E-state index is -0.167. The summed E-state index contributed by atoms with van der Waals surface area (Å²) in [6.45, 7) is 4.99. The van der Waals surface area contributed by atoms with E-state index in [1.807, 2.05) is 12.3 Å². The Kier molecular flexibility index (Phi) is 4.59. The maximum Gasteiger partial charge on any atom is 0.257 e. The standard InChI is InChI=1S/C13H16N4OS/c1-3-15-9(2)11-8-19-13(16-11)17-12(18)10-4-6-14-7-5-10/h4-9,15H,3H2,1-2H3,(H,16,17,18). The van der Waals surface area contributed by atoms with Gasteiger partial charge in [-0.25, -0.2) is 4.98 Å². The van der Waals surface area contributed by atoms with E-state index in [0.717, 1.165) is 12.2 Å². The minimum absolute atomic E-state index is 0.167. The number of pyridine rings is 1. The summed E-state index contributed by atoms with van der Waals surface area (Å²) in [6.07, 6.45) is 3.19. The predicted molar refractivity (Wildman–Crippen MR) is 76.4 cm³/mol. The van der Waals surface area contributed by atoms with E-state index in [-0.39, 0.29) is 11.9 Å². The molecule has 0 fully saturated rings. The van der Waals surface area contributed by atoms with Gasteiger partial charge in [0.2, 0.25) is 0 Å². The molecule has 0 aliphatic rings. The highest BCUT2D eigenvalue weighted by Crippen LogP contribution is 2.20. The van der Waals surface area contributed by atoms with Gasteiger partial charge in [-0.3, -0.25) is 15.1 Å². The Hall–Kier alpha value is -1.79. The molecule has 1 unspecified atom stereocenters. The molecule has 0 radical (unpaired) electrons. The molecule has 19 heavy (non-hydrogen) atoms. The fourth-order valence-electron chi connectivity index (χ4n) is 1.63. The molecule has 2 heterocycles. The number of thiazole rings is 1. The van der Waals surface area contributed by atoms with Gasteiger partial charge < -0.3 is 5.32 Å². The molecule has 2 rings (SSSR count). The molecule has 0 spiro atoms. The van der Waals surface area contributed by atoms with Gasteiger partial charge in [0, 0.05) is 29.4 Å². The fourth-order valence-corrected chi connectivity index (χ4v) is 2.42. The molecular weight excluding hydrogens is 260 g/mol. The zero-order chi connectivity index (χ0) is 13.7. The van der Waals surface area contributed by atoms with E-state index in [1.165, 1.54) is 11.3 Å². The number of nitrogens with one attached hydrogen (secondary N) is 2. The van der Waals surface area contributed by atoms with Crippen LogP contribution in [0.3, 0.4) is 0 Å². The van der Waals surface area contributed by atoms with Crippen molar-refractivity contribution in [1.82, 2.24) is 15.3 Å². The quantitative estimate of drug-likeness (QED) is 0.880. The molecular formula is C13H16N4OS. The van der Waals surface area contributed by atoms with E-state index >= 15 is 0 Å². The van der Waals surface area contributed by atoms with Crippen LogP contribution in [0.15, 0.2) is 29.9 Å². The highest BCUT2D eigenvalue weighted by atomic mass is 32.1. The van der Waals surface area contributed by atoms with Crippen molar-refractivity contribution in [1.29, 1.82) is 0 Å². The second kappa shape index (κ2) is 6.40. The van der Waals surface area contributed by atoms with Gasteiger partial charge in [0.1, 0.15) is 0 Å². The van der Waals surface area contributed by atoms with Crippen LogP contribution < -0.4 is 10.6 Å². The predicted octanol–water partition coefficient (Wildman–Crippen LogP) is 2.46.